The lowest BCUT2D eigenvalue weighted by atomic mass is 10.1. The molecule has 7 nitrogen and oxygen atoms in total. The van der Waals surface area contributed by atoms with Gasteiger partial charge in [0.05, 0.1) is 19.7 Å². The first-order valence-corrected chi connectivity index (χ1v) is 9.19. The van der Waals surface area contributed by atoms with Gasteiger partial charge in [0.25, 0.3) is 0 Å². The van der Waals surface area contributed by atoms with Gasteiger partial charge in [-0.3, -0.25) is 4.79 Å². The topological polar surface area (TPSA) is 84.0 Å². The second kappa shape index (κ2) is 13.0. The summed E-state index contributed by atoms with van der Waals surface area (Å²) in [5.74, 6) is 1.35. The number of aryl methyl sites for hydroxylation is 1. The van der Waals surface area contributed by atoms with E-state index < -0.39 is 0 Å². The van der Waals surface area contributed by atoms with E-state index in [9.17, 15) is 4.79 Å². The van der Waals surface area contributed by atoms with Crippen molar-refractivity contribution in [1.29, 1.82) is 0 Å². The highest BCUT2D eigenvalue weighted by atomic mass is 16.5. The molecule has 0 aliphatic rings. The molecule has 1 aromatic rings. The SMILES string of the molecule is CCNC(=O)CNC(=NCc1ccc(C)cc1OCCOCC)NCC. The number of ether oxygens (including phenoxy) is 2. The average Bonchev–Trinajstić information content (AvgIpc) is 2.62. The van der Waals surface area contributed by atoms with Crippen LogP contribution in [0, 0.1) is 6.92 Å². The van der Waals surface area contributed by atoms with Gasteiger partial charge < -0.3 is 25.4 Å². The van der Waals surface area contributed by atoms with Crippen LogP contribution in [0.4, 0.5) is 0 Å². The van der Waals surface area contributed by atoms with Gasteiger partial charge >= 0.3 is 0 Å². The van der Waals surface area contributed by atoms with Gasteiger partial charge in [0, 0.05) is 25.3 Å². The zero-order valence-corrected chi connectivity index (χ0v) is 16.4. The summed E-state index contributed by atoms with van der Waals surface area (Å²) in [5.41, 5.74) is 2.12. The summed E-state index contributed by atoms with van der Waals surface area (Å²) in [4.78, 5) is 16.2. The molecular weight excluding hydrogens is 332 g/mol. The number of nitrogens with one attached hydrogen (secondary N) is 3. The zero-order chi connectivity index (χ0) is 19.2. The molecule has 0 aromatic heterocycles. The maximum atomic E-state index is 11.6. The fraction of sp³-hybridized carbons (Fsp3) is 0.579. The van der Waals surface area contributed by atoms with E-state index in [4.69, 9.17) is 9.47 Å². The molecule has 1 aromatic carbocycles. The molecule has 26 heavy (non-hydrogen) atoms. The van der Waals surface area contributed by atoms with Crippen LogP contribution in [0.2, 0.25) is 0 Å². The zero-order valence-electron chi connectivity index (χ0n) is 16.4. The molecule has 0 fully saturated rings. The molecule has 0 aliphatic heterocycles. The molecule has 0 unspecified atom stereocenters. The number of guanidine groups is 1. The van der Waals surface area contributed by atoms with Crippen molar-refractivity contribution in [1.82, 2.24) is 16.0 Å². The molecule has 1 amide bonds. The summed E-state index contributed by atoms with van der Waals surface area (Å²) in [6.07, 6.45) is 0. The van der Waals surface area contributed by atoms with E-state index in [0.29, 0.717) is 45.4 Å². The van der Waals surface area contributed by atoms with Gasteiger partial charge in [-0.2, -0.15) is 0 Å². The molecule has 0 spiro atoms. The van der Waals surface area contributed by atoms with Gasteiger partial charge in [0.15, 0.2) is 5.96 Å². The van der Waals surface area contributed by atoms with Crippen molar-refractivity contribution in [3.8, 4) is 5.75 Å². The summed E-state index contributed by atoms with van der Waals surface area (Å²) in [7, 11) is 0. The Kier molecular flexibility index (Phi) is 10.9. The van der Waals surface area contributed by atoms with Crippen molar-refractivity contribution in [2.45, 2.75) is 34.2 Å². The van der Waals surface area contributed by atoms with Crippen molar-refractivity contribution in [2.24, 2.45) is 4.99 Å². The fourth-order valence-corrected chi connectivity index (χ4v) is 2.21. The quantitative estimate of drug-likeness (QED) is 0.316. The van der Waals surface area contributed by atoms with Gasteiger partial charge in [-0.1, -0.05) is 12.1 Å². The molecule has 0 bridgehead atoms. The number of hydrogen-bond donors (Lipinski definition) is 3. The Morgan fingerprint density at radius 2 is 1.85 bits per heavy atom. The number of hydrogen-bond acceptors (Lipinski definition) is 4. The van der Waals surface area contributed by atoms with E-state index in [1.165, 1.54) is 0 Å². The first kappa shape index (κ1) is 21.8. The Morgan fingerprint density at radius 1 is 1.08 bits per heavy atom. The second-order valence-electron chi connectivity index (χ2n) is 5.66. The first-order valence-electron chi connectivity index (χ1n) is 9.19. The van der Waals surface area contributed by atoms with Crippen molar-refractivity contribution >= 4 is 11.9 Å². The third-order valence-corrected chi connectivity index (χ3v) is 3.45. The first-order chi connectivity index (χ1) is 12.6. The second-order valence-corrected chi connectivity index (χ2v) is 5.66. The Labute approximate surface area is 156 Å². The maximum absolute atomic E-state index is 11.6. The van der Waals surface area contributed by atoms with E-state index in [1.807, 2.05) is 45.9 Å². The van der Waals surface area contributed by atoms with Crippen LogP contribution in [0.5, 0.6) is 5.75 Å². The highest BCUT2D eigenvalue weighted by Gasteiger charge is 2.06. The largest absolute Gasteiger partial charge is 0.491 e. The minimum Gasteiger partial charge on any atom is -0.491 e. The number of carbonyl (C=O) groups excluding carboxylic acids is 1. The van der Waals surface area contributed by atoms with Crippen molar-refractivity contribution < 1.29 is 14.3 Å². The van der Waals surface area contributed by atoms with Gasteiger partial charge in [-0.15, -0.1) is 0 Å². The average molecular weight is 364 g/mol. The predicted octanol–water partition coefficient (Wildman–Crippen LogP) is 1.60. The minimum absolute atomic E-state index is 0.0617. The molecule has 146 valence electrons. The lowest BCUT2D eigenvalue weighted by molar-refractivity contribution is -0.119. The third-order valence-electron chi connectivity index (χ3n) is 3.45. The predicted molar refractivity (Wildman–Crippen MR) is 105 cm³/mol. The number of aliphatic imine (C=N–C) groups is 1. The van der Waals surface area contributed by atoms with E-state index in [1.54, 1.807) is 0 Å². The fourth-order valence-electron chi connectivity index (χ4n) is 2.21. The number of amides is 1. The Hall–Kier alpha value is -2.28. The Bertz CT molecular complexity index is 576. The molecule has 7 heteroatoms. The van der Waals surface area contributed by atoms with Gasteiger partial charge in [-0.05, 0) is 39.3 Å². The molecule has 0 saturated heterocycles. The molecule has 0 atom stereocenters. The van der Waals surface area contributed by atoms with E-state index in [2.05, 4.69) is 20.9 Å². The Balaban J connectivity index is 2.72. The summed E-state index contributed by atoms with van der Waals surface area (Å²) in [6.45, 7) is 11.6. The summed E-state index contributed by atoms with van der Waals surface area (Å²) in [6, 6.07) is 6.06. The summed E-state index contributed by atoms with van der Waals surface area (Å²) < 4.78 is 11.2. The number of benzene rings is 1. The molecule has 0 radical (unpaired) electrons. The van der Waals surface area contributed by atoms with E-state index >= 15 is 0 Å². The lowest BCUT2D eigenvalue weighted by Gasteiger charge is -2.13. The number of carbonyl (C=O) groups is 1. The minimum atomic E-state index is -0.0617. The third kappa shape index (κ3) is 8.71. The highest BCUT2D eigenvalue weighted by Crippen LogP contribution is 2.21. The van der Waals surface area contributed by atoms with Gasteiger partial charge in [0.2, 0.25) is 5.91 Å². The van der Waals surface area contributed by atoms with Crippen LogP contribution >= 0.6 is 0 Å². The van der Waals surface area contributed by atoms with Gasteiger partial charge in [0.1, 0.15) is 12.4 Å². The van der Waals surface area contributed by atoms with Crippen LogP contribution in [0.25, 0.3) is 0 Å². The van der Waals surface area contributed by atoms with Crippen LogP contribution in [-0.4, -0.2) is 51.3 Å². The highest BCUT2D eigenvalue weighted by molar-refractivity contribution is 5.86. The summed E-state index contributed by atoms with van der Waals surface area (Å²) >= 11 is 0. The number of likely N-dealkylation sites (N-methyl/N-ethyl adjacent to an activating group) is 1. The molecule has 0 saturated carbocycles. The number of rotatable bonds is 11. The number of nitrogens with zero attached hydrogens (tertiary/aromatic N) is 1. The van der Waals surface area contributed by atoms with Crippen LogP contribution < -0.4 is 20.7 Å². The summed E-state index contributed by atoms with van der Waals surface area (Å²) in [5, 5.41) is 8.92. The van der Waals surface area contributed by atoms with Crippen LogP contribution in [-0.2, 0) is 16.1 Å². The smallest absolute Gasteiger partial charge is 0.239 e. The molecule has 1 rings (SSSR count). The molecule has 0 aliphatic carbocycles. The monoisotopic (exact) mass is 364 g/mol. The van der Waals surface area contributed by atoms with Gasteiger partial charge in [-0.25, -0.2) is 4.99 Å². The van der Waals surface area contributed by atoms with E-state index in [-0.39, 0.29) is 12.5 Å². The Morgan fingerprint density at radius 3 is 2.54 bits per heavy atom. The standard InChI is InChI=1S/C19H32N4O3/c1-5-20-18(24)14-23-19(21-6-2)22-13-16-9-8-15(4)12-17(16)26-11-10-25-7-3/h8-9,12H,5-7,10-11,13-14H2,1-4H3,(H,20,24)(H2,21,22,23). The van der Waals surface area contributed by atoms with Crippen molar-refractivity contribution in [2.75, 3.05) is 39.5 Å². The van der Waals surface area contributed by atoms with Crippen LogP contribution in [0.3, 0.4) is 0 Å². The van der Waals surface area contributed by atoms with Crippen molar-refractivity contribution in [3.63, 3.8) is 0 Å². The normalized spacial score (nSPS) is 11.2. The molecule has 0 heterocycles. The lowest BCUT2D eigenvalue weighted by Crippen LogP contribution is -2.43. The van der Waals surface area contributed by atoms with Crippen molar-refractivity contribution in [3.05, 3.63) is 29.3 Å². The molecular formula is C19H32N4O3. The molecule has 3 N–H and O–H groups in total. The van der Waals surface area contributed by atoms with Crippen LogP contribution in [0.1, 0.15) is 31.9 Å². The maximum Gasteiger partial charge on any atom is 0.239 e. The van der Waals surface area contributed by atoms with E-state index in [0.717, 1.165) is 16.9 Å². The van der Waals surface area contributed by atoms with Crippen LogP contribution in [0.15, 0.2) is 23.2 Å².